The van der Waals surface area contributed by atoms with E-state index in [1.54, 1.807) is 25.4 Å². The van der Waals surface area contributed by atoms with Crippen molar-refractivity contribution in [3.05, 3.63) is 23.7 Å². The number of morpholine rings is 1. The second kappa shape index (κ2) is 7.61. The van der Waals surface area contributed by atoms with E-state index in [0.29, 0.717) is 17.7 Å². The molecule has 3 saturated heterocycles. The van der Waals surface area contributed by atoms with Gasteiger partial charge in [0.15, 0.2) is 0 Å². The second-order valence-corrected chi connectivity index (χ2v) is 7.00. The van der Waals surface area contributed by atoms with E-state index in [4.69, 9.17) is 4.74 Å². The Balaban J connectivity index is 1.43. The zero-order valence-corrected chi connectivity index (χ0v) is 15.4. The number of anilines is 1. The summed E-state index contributed by atoms with van der Waals surface area (Å²) in [6.45, 7) is 5.48. The van der Waals surface area contributed by atoms with Gasteiger partial charge in [-0.3, -0.25) is 19.9 Å². The Kier molecular flexibility index (Phi) is 5.04. The molecule has 0 bridgehead atoms. The number of carbonyl (C=O) groups excluding carboxylic acids is 2. The summed E-state index contributed by atoms with van der Waals surface area (Å²) in [5, 5.41) is 2.26. The number of nitrogens with one attached hydrogen (secondary N) is 1. The van der Waals surface area contributed by atoms with Crippen LogP contribution in [-0.4, -0.2) is 84.2 Å². The van der Waals surface area contributed by atoms with Gasteiger partial charge in [0.1, 0.15) is 5.70 Å². The van der Waals surface area contributed by atoms with Gasteiger partial charge in [-0.15, -0.1) is 0 Å². The van der Waals surface area contributed by atoms with Gasteiger partial charge in [0.05, 0.1) is 18.9 Å². The maximum absolute atomic E-state index is 11.9. The number of imide groups is 1. The largest absolute Gasteiger partial charge is 0.379 e. The Bertz CT molecular complexity index is 753. The lowest BCUT2D eigenvalue weighted by atomic mass is 10.0. The first-order valence-electron chi connectivity index (χ1n) is 9.32. The third kappa shape index (κ3) is 3.79. The highest BCUT2D eigenvalue weighted by molar-refractivity contribution is 6.13. The summed E-state index contributed by atoms with van der Waals surface area (Å²) < 4.78 is 5.44. The highest BCUT2D eigenvalue weighted by Gasteiger charge is 2.30. The van der Waals surface area contributed by atoms with Crippen molar-refractivity contribution in [2.24, 2.45) is 0 Å². The summed E-state index contributed by atoms with van der Waals surface area (Å²) in [5.74, 6) is 0.256. The Labute approximate surface area is 158 Å². The molecule has 3 amide bonds. The molecule has 0 saturated carbocycles. The molecular weight excluding hydrogens is 348 g/mol. The highest BCUT2D eigenvalue weighted by Crippen LogP contribution is 2.21. The summed E-state index contributed by atoms with van der Waals surface area (Å²) in [7, 11) is 1.56. The highest BCUT2D eigenvalue weighted by atomic mass is 16.5. The zero-order chi connectivity index (χ0) is 18.8. The summed E-state index contributed by atoms with van der Waals surface area (Å²) in [5.41, 5.74) is 0.901. The minimum absolute atomic E-state index is 0.288. The number of ether oxygens (including phenoxy) is 1. The Morgan fingerprint density at radius 1 is 1.19 bits per heavy atom. The summed E-state index contributed by atoms with van der Waals surface area (Å²) in [4.78, 5) is 38.4. The Morgan fingerprint density at radius 2 is 1.93 bits per heavy atom. The summed E-state index contributed by atoms with van der Waals surface area (Å²) in [6, 6.07) is 1.91. The predicted octanol–water partition coefficient (Wildman–Crippen LogP) is 0.300. The predicted molar refractivity (Wildman–Crippen MR) is 98.9 cm³/mol. The number of nitrogens with zero attached hydrogens (tertiary/aromatic N) is 5. The van der Waals surface area contributed by atoms with Crippen LogP contribution in [0.1, 0.15) is 18.5 Å². The molecule has 9 heteroatoms. The SMILES string of the molecule is CN1C(=O)NC(=O)/C1=C\c1ccnc(N2CCC(N3CCOCC3)CC2)n1. The number of carbonyl (C=O) groups is 2. The lowest BCUT2D eigenvalue weighted by molar-refractivity contribution is -0.115. The Morgan fingerprint density at radius 3 is 2.59 bits per heavy atom. The first kappa shape index (κ1) is 17.9. The van der Waals surface area contributed by atoms with Crippen molar-refractivity contribution >= 4 is 24.0 Å². The third-order valence-electron chi connectivity index (χ3n) is 5.38. The molecule has 4 heterocycles. The van der Waals surface area contributed by atoms with Crippen LogP contribution < -0.4 is 10.2 Å². The average molecular weight is 372 g/mol. The number of piperidine rings is 1. The van der Waals surface area contributed by atoms with Crippen LogP contribution in [0.15, 0.2) is 18.0 Å². The minimum Gasteiger partial charge on any atom is -0.379 e. The van der Waals surface area contributed by atoms with Gasteiger partial charge in [-0.05, 0) is 25.0 Å². The molecule has 3 aliphatic rings. The van der Waals surface area contributed by atoms with Crippen molar-refractivity contribution in [3.8, 4) is 0 Å². The van der Waals surface area contributed by atoms with Crippen LogP contribution in [-0.2, 0) is 9.53 Å². The summed E-state index contributed by atoms with van der Waals surface area (Å²) in [6.07, 6.45) is 5.46. The maximum Gasteiger partial charge on any atom is 0.328 e. The normalized spacial score (nSPS) is 24.0. The maximum atomic E-state index is 11.9. The molecule has 0 radical (unpaired) electrons. The molecule has 0 spiro atoms. The number of hydrogen-bond acceptors (Lipinski definition) is 7. The van der Waals surface area contributed by atoms with Crippen LogP contribution in [0.25, 0.3) is 6.08 Å². The molecule has 0 aromatic carbocycles. The number of urea groups is 1. The summed E-state index contributed by atoms with van der Waals surface area (Å²) >= 11 is 0. The first-order chi connectivity index (χ1) is 13.1. The molecule has 0 unspecified atom stereocenters. The fourth-order valence-corrected chi connectivity index (χ4v) is 3.78. The van der Waals surface area contributed by atoms with Crippen molar-refractivity contribution in [1.82, 2.24) is 25.1 Å². The first-order valence-corrected chi connectivity index (χ1v) is 9.32. The van der Waals surface area contributed by atoms with Crippen LogP contribution in [0.3, 0.4) is 0 Å². The second-order valence-electron chi connectivity index (χ2n) is 7.00. The number of rotatable bonds is 3. The van der Waals surface area contributed by atoms with Crippen molar-refractivity contribution in [3.63, 3.8) is 0 Å². The van der Waals surface area contributed by atoms with Crippen molar-refractivity contribution in [1.29, 1.82) is 0 Å². The van der Waals surface area contributed by atoms with E-state index in [2.05, 4.69) is 25.1 Å². The van der Waals surface area contributed by atoms with Crippen LogP contribution in [0.4, 0.5) is 10.7 Å². The fourth-order valence-electron chi connectivity index (χ4n) is 3.78. The number of amides is 3. The quantitative estimate of drug-likeness (QED) is 0.603. The van der Waals surface area contributed by atoms with Crippen LogP contribution in [0, 0.1) is 0 Å². The van der Waals surface area contributed by atoms with E-state index in [-0.39, 0.29) is 5.70 Å². The van der Waals surface area contributed by atoms with E-state index in [0.717, 1.165) is 52.2 Å². The van der Waals surface area contributed by atoms with Gasteiger partial charge in [-0.25, -0.2) is 14.8 Å². The van der Waals surface area contributed by atoms with Gasteiger partial charge in [0.2, 0.25) is 5.95 Å². The molecule has 9 nitrogen and oxygen atoms in total. The van der Waals surface area contributed by atoms with Gasteiger partial charge in [-0.2, -0.15) is 0 Å². The molecule has 1 aromatic rings. The van der Waals surface area contributed by atoms with E-state index in [1.165, 1.54) is 4.90 Å². The van der Waals surface area contributed by atoms with Gasteiger partial charge < -0.3 is 9.64 Å². The zero-order valence-electron chi connectivity index (χ0n) is 15.4. The van der Waals surface area contributed by atoms with Crippen molar-refractivity contribution in [2.45, 2.75) is 18.9 Å². The van der Waals surface area contributed by atoms with Gasteiger partial charge >= 0.3 is 6.03 Å². The smallest absolute Gasteiger partial charge is 0.328 e. The molecule has 4 rings (SSSR count). The molecule has 27 heavy (non-hydrogen) atoms. The molecular formula is C18H24N6O3. The lowest BCUT2D eigenvalue weighted by Crippen LogP contribution is -2.49. The third-order valence-corrected chi connectivity index (χ3v) is 5.38. The van der Waals surface area contributed by atoms with Crippen molar-refractivity contribution < 1.29 is 14.3 Å². The molecule has 3 aliphatic heterocycles. The Hall–Kier alpha value is -2.52. The van der Waals surface area contributed by atoms with E-state index < -0.39 is 11.9 Å². The topological polar surface area (TPSA) is 90.9 Å². The number of hydrogen-bond donors (Lipinski definition) is 1. The van der Waals surface area contributed by atoms with Gasteiger partial charge in [-0.1, -0.05) is 0 Å². The molecule has 0 aliphatic carbocycles. The van der Waals surface area contributed by atoms with Crippen LogP contribution in [0.2, 0.25) is 0 Å². The molecule has 1 N–H and O–H groups in total. The minimum atomic E-state index is -0.425. The van der Waals surface area contributed by atoms with Crippen molar-refractivity contribution in [2.75, 3.05) is 51.3 Å². The standard InChI is InChI=1S/C18H24N6O3/c1-22-15(16(25)21-18(22)26)12-13-2-5-19-17(20-13)24-6-3-14(4-7-24)23-8-10-27-11-9-23/h2,5,12,14H,3-4,6-11H2,1H3,(H,21,25,26)/b15-12+. The fraction of sp³-hybridized carbons (Fsp3) is 0.556. The van der Waals surface area contributed by atoms with Crippen LogP contribution >= 0.6 is 0 Å². The lowest BCUT2D eigenvalue weighted by Gasteiger charge is -2.40. The molecule has 1 aromatic heterocycles. The van der Waals surface area contributed by atoms with E-state index >= 15 is 0 Å². The van der Waals surface area contributed by atoms with E-state index in [9.17, 15) is 9.59 Å². The molecule has 3 fully saturated rings. The molecule has 144 valence electrons. The monoisotopic (exact) mass is 372 g/mol. The van der Waals surface area contributed by atoms with Gasteiger partial charge in [0, 0.05) is 45.5 Å². The van der Waals surface area contributed by atoms with E-state index in [1.807, 2.05) is 0 Å². The molecule has 0 atom stereocenters. The average Bonchev–Trinajstić information content (AvgIpc) is 2.95. The van der Waals surface area contributed by atoms with Crippen LogP contribution in [0.5, 0.6) is 0 Å². The number of likely N-dealkylation sites (N-methyl/N-ethyl adjacent to an activating group) is 1. The number of aromatic nitrogens is 2. The van der Waals surface area contributed by atoms with Gasteiger partial charge in [0.25, 0.3) is 5.91 Å².